The number of hydrogen-bond donors (Lipinski definition) is 0. The minimum Gasteiger partial charge on any atom is -0.464 e. The summed E-state index contributed by atoms with van der Waals surface area (Å²) >= 11 is 0. The summed E-state index contributed by atoms with van der Waals surface area (Å²) in [5, 5.41) is 0.357. The predicted octanol–water partition coefficient (Wildman–Crippen LogP) is 5.24. The van der Waals surface area contributed by atoms with Crippen LogP contribution in [0, 0.1) is 17.3 Å². The second-order valence-corrected chi connectivity index (χ2v) is 8.54. The largest absolute Gasteiger partial charge is 0.464 e. The van der Waals surface area contributed by atoms with E-state index in [9.17, 15) is 18.0 Å². The first-order valence-corrected chi connectivity index (χ1v) is 9.50. The average molecular weight is 400 g/mol. The van der Waals surface area contributed by atoms with Crippen LogP contribution in [-0.4, -0.2) is 28.9 Å². The summed E-state index contributed by atoms with van der Waals surface area (Å²) in [6.45, 7) is 5.97. The third kappa shape index (κ3) is 2.82. The molecule has 29 heavy (non-hydrogen) atoms. The van der Waals surface area contributed by atoms with Crippen molar-refractivity contribution in [3.05, 3.63) is 53.9 Å². The van der Waals surface area contributed by atoms with Crippen LogP contribution in [0.3, 0.4) is 0 Å². The Balaban J connectivity index is 1.42. The molecule has 0 bridgehead atoms. The van der Waals surface area contributed by atoms with E-state index in [1.54, 1.807) is 18.2 Å². The number of aromatic nitrogens is 1. The first-order chi connectivity index (χ1) is 13.7. The molecule has 2 aliphatic rings. The molecule has 3 heterocycles. The number of benzene rings is 1. The zero-order chi connectivity index (χ0) is 20.6. The van der Waals surface area contributed by atoms with Crippen LogP contribution in [0.2, 0.25) is 0 Å². The summed E-state index contributed by atoms with van der Waals surface area (Å²) < 4.78 is 45.2. The Kier molecular flexibility index (Phi) is 3.67. The molecule has 1 aliphatic carbocycles. The lowest BCUT2D eigenvalue weighted by Gasteiger charge is -2.22. The van der Waals surface area contributed by atoms with Gasteiger partial charge in [0.2, 0.25) is 0 Å². The Morgan fingerprint density at radius 2 is 1.90 bits per heavy atom. The van der Waals surface area contributed by atoms with Crippen LogP contribution in [0.1, 0.15) is 29.8 Å². The number of rotatable bonds is 2. The Morgan fingerprint density at radius 1 is 1.17 bits per heavy atom. The van der Waals surface area contributed by atoms with Crippen molar-refractivity contribution in [2.24, 2.45) is 17.3 Å². The number of likely N-dealkylation sites (tertiary alicyclic amines) is 1. The summed E-state index contributed by atoms with van der Waals surface area (Å²) in [6, 6.07) is 7.35. The fourth-order valence-electron chi connectivity index (χ4n) is 4.61. The van der Waals surface area contributed by atoms with Gasteiger partial charge in [0.15, 0.2) is 0 Å². The van der Waals surface area contributed by atoms with Crippen LogP contribution < -0.4 is 0 Å². The highest BCUT2D eigenvalue weighted by Gasteiger charge is 2.62. The second kappa shape index (κ2) is 5.84. The van der Waals surface area contributed by atoms with Gasteiger partial charge in [-0.25, -0.2) is 0 Å². The van der Waals surface area contributed by atoms with Gasteiger partial charge in [0.05, 0.1) is 23.1 Å². The molecule has 2 fully saturated rings. The van der Waals surface area contributed by atoms with E-state index in [0.717, 1.165) is 19.2 Å². The van der Waals surface area contributed by atoms with Crippen molar-refractivity contribution in [3.8, 4) is 11.3 Å². The highest BCUT2D eigenvalue weighted by Crippen LogP contribution is 2.62. The molecule has 4 nitrogen and oxygen atoms in total. The van der Waals surface area contributed by atoms with E-state index in [2.05, 4.69) is 18.8 Å². The first kappa shape index (κ1) is 18.2. The quantitative estimate of drug-likeness (QED) is 0.591. The van der Waals surface area contributed by atoms with Crippen LogP contribution in [0.25, 0.3) is 22.2 Å². The molecule has 0 radical (unpaired) electrons. The maximum absolute atomic E-state index is 13.4. The molecule has 5 rings (SSSR count). The molecule has 2 unspecified atom stereocenters. The van der Waals surface area contributed by atoms with Gasteiger partial charge >= 0.3 is 6.18 Å². The van der Waals surface area contributed by atoms with Crippen molar-refractivity contribution < 1.29 is 22.4 Å². The van der Waals surface area contributed by atoms with Crippen LogP contribution in [0.15, 0.2) is 47.2 Å². The van der Waals surface area contributed by atoms with Crippen LogP contribution in [0.5, 0.6) is 0 Å². The SMILES string of the molecule is CC1(C)C2CN(C(=O)c3ccc(-c4cc(C(F)(F)F)c5occc5c4)nc3)CC21. The zero-order valence-corrected chi connectivity index (χ0v) is 16.0. The fourth-order valence-corrected chi connectivity index (χ4v) is 4.61. The van der Waals surface area contributed by atoms with Crippen LogP contribution in [-0.2, 0) is 6.18 Å². The molecule has 7 heteroatoms. The average Bonchev–Trinajstić information content (AvgIpc) is 3.15. The summed E-state index contributed by atoms with van der Waals surface area (Å²) in [4.78, 5) is 18.8. The van der Waals surface area contributed by atoms with Crippen LogP contribution in [0.4, 0.5) is 13.2 Å². The lowest BCUT2D eigenvalue weighted by molar-refractivity contribution is -0.136. The van der Waals surface area contributed by atoms with Crippen molar-refractivity contribution in [3.63, 3.8) is 0 Å². The molecule has 1 saturated heterocycles. The number of furan rings is 1. The highest BCUT2D eigenvalue weighted by molar-refractivity contribution is 5.94. The number of fused-ring (bicyclic) bond motifs is 2. The number of halogens is 3. The van der Waals surface area contributed by atoms with Crippen molar-refractivity contribution in [2.75, 3.05) is 13.1 Å². The van der Waals surface area contributed by atoms with E-state index < -0.39 is 11.7 Å². The van der Waals surface area contributed by atoms with Crippen LogP contribution >= 0.6 is 0 Å². The van der Waals surface area contributed by atoms with E-state index in [4.69, 9.17) is 4.42 Å². The predicted molar refractivity (Wildman–Crippen MR) is 101 cm³/mol. The summed E-state index contributed by atoms with van der Waals surface area (Å²) in [7, 11) is 0. The van der Waals surface area contributed by atoms with Gasteiger partial charge in [0, 0.05) is 30.2 Å². The summed E-state index contributed by atoms with van der Waals surface area (Å²) in [5.41, 5.74) is 0.448. The number of piperidine rings is 1. The molecule has 2 aromatic heterocycles. The molecular weight excluding hydrogens is 381 g/mol. The summed E-state index contributed by atoms with van der Waals surface area (Å²) in [6.07, 6.45) is -1.85. The van der Waals surface area contributed by atoms with Gasteiger partial charge in [-0.05, 0) is 47.6 Å². The number of pyridine rings is 1. The van der Waals surface area contributed by atoms with Gasteiger partial charge in [-0.1, -0.05) is 13.8 Å². The molecule has 1 amide bonds. The Labute approximate surface area is 165 Å². The minimum absolute atomic E-state index is 0.0756. The molecular formula is C22H19F3N2O2. The van der Waals surface area contributed by atoms with E-state index in [1.807, 2.05) is 4.90 Å². The molecule has 1 aromatic carbocycles. The fraction of sp³-hybridized carbons (Fsp3) is 0.364. The van der Waals surface area contributed by atoms with Gasteiger partial charge in [-0.2, -0.15) is 13.2 Å². The Morgan fingerprint density at radius 3 is 2.52 bits per heavy atom. The monoisotopic (exact) mass is 400 g/mol. The lowest BCUT2D eigenvalue weighted by atomic mass is 10.0. The van der Waals surface area contributed by atoms with Crippen molar-refractivity contribution in [1.29, 1.82) is 0 Å². The number of hydrogen-bond acceptors (Lipinski definition) is 3. The van der Waals surface area contributed by atoms with Crippen molar-refractivity contribution in [1.82, 2.24) is 9.88 Å². The molecule has 0 spiro atoms. The maximum atomic E-state index is 13.4. The van der Waals surface area contributed by atoms with Gasteiger partial charge < -0.3 is 9.32 Å². The third-order valence-electron chi connectivity index (χ3n) is 6.57. The van der Waals surface area contributed by atoms with Gasteiger partial charge in [0.1, 0.15) is 5.58 Å². The van der Waals surface area contributed by atoms with E-state index in [1.165, 1.54) is 18.5 Å². The lowest BCUT2D eigenvalue weighted by Crippen LogP contribution is -2.32. The zero-order valence-electron chi connectivity index (χ0n) is 16.0. The molecule has 2 atom stereocenters. The van der Waals surface area contributed by atoms with Gasteiger partial charge in [0.25, 0.3) is 5.91 Å². The van der Waals surface area contributed by atoms with Gasteiger partial charge in [-0.3, -0.25) is 9.78 Å². The second-order valence-electron chi connectivity index (χ2n) is 8.54. The third-order valence-corrected chi connectivity index (χ3v) is 6.57. The topological polar surface area (TPSA) is 46.3 Å². The molecule has 3 aromatic rings. The maximum Gasteiger partial charge on any atom is 0.420 e. The number of carbonyl (C=O) groups excluding carboxylic acids is 1. The Hall–Kier alpha value is -2.83. The van der Waals surface area contributed by atoms with E-state index >= 15 is 0 Å². The minimum atomic E-state index is -4.54. The van der Waals surface area contributed by atoms with E-state index in [-0.39, 0.29) is 11.5 Å². The molecule has 0 N–H and O–H groups in total. The first-order valence-electron chi connectivity index (χ1n) is 9.50. The highest BCUT2D eigenvalue weighted by atomic mass is 19.4. The number of alkyl halides is 3. The molecule has 1 aliphatic heterocycles. The van der Waals surface area contributed by atoms with Crippen molar-refractivity contribution >= 4 is 16.9 Å². The molecule has 150 valence electrons. The standard InChI is InChI=1S/C22H19F3N2O2/c1-21(2)16-10-27(11-17(16)21)20(28)13-3-4-18(26-9-13)14-7-12-5-6-29-19(12)15(8-14)22(23,24)25/h3-9,16-17H,10-11H2,1-2H3. The number of carbonyl (C=O) groups is 1. The number of nitrogens with zero attached hydrogens (tertiary/aromatic N) is 2. The number of amides is 1. The van der Waals surface area contributed by atoms with E-state index in [0.29, 0.717) is 39.5 Å². The Bertz CT molecular complexity index is 1100. The smallest absolute Gasteiger partial charge is 0.420 e. The normalized spacial score (nSPS) is 22.7. The van der Waals surface area contributed by atoms with Gasteiger partial charge in [-0.15, -0.1) is 0 Å². The molecule has 1 saturated carbocycles. The summed E-state index contributed by atoms with van der Waals surface area (Å²) in [5.74, 6) is 1.04. The van der Waals surface area contributed by atoms with Crippen molar-refractivity contribution in [2.45, 2.75) is 20.0 Å².